The summed E-state index contributed by atoms with van der Waals surface area (Å²) in [5, 5.41) is 0.572. The summed E-state index contributed by atoms with van der Waals surface area (Å²) in [5.41, 5.74) is 0.849. The molecule has 8 heteroatoms. The van der Waals surface area contributed by atoms with Crippen molar-refractivity contribution in [3.05, 3.63) is 30.5 Å². The highest BCUT2D eigenvalue weighted by Gasteiger charge is 2.36. The first kappa shape index (κ1) is 16.5. The molecule has 1 aromatic carbocycles. The number of nitrogens with zero attached hydrogens (tertiary/aromatic N) is 1. The van der Waals surface area contributed by atoms with Crippen LogP contribution >= 0.6 is 0 Å². The third kappa shape index (κ3) is 3.59. The van der Waals surface area contributed by atoms with Crippen LogP contribution in [0.4, 0.5) is 0 Å². The summed E-state index contributed by atoms with van der Waals surface area (Å²) in [5.74, 6) is -0.559. The van der Waals surface area contributed by atoms with Crippen molar-refractivity contribution in [2.45, 2.75) is 36.5 Å². The SMILES string of the molecule is CC(Cn1ccc2cc(S(=O)(=O)C3CC3)ccc21)CS(=O)(=O)O. The number of sulfone groups is 1. The van der Waals surface area contributed by atoms with Gasteiger partial charge in [0.1, 0.15) is 0 Å². The standard InChI is InChI=1S/C15H19NO5S2/c1-11(10-22(17,18)19)9-16-7-6-12-8-14(4-5-15(12)16)23(20,21)13-2-3-13/h4-8,11,13H,2-3,9-10H2,1H3,(H,17,18,19). The Hall–Kier alpha value is -1.38. The second-order valence-corrected chi connectivity index (χ2v) is 10.0. The highest BCUT2D eigenvalue weighted by Crippen LogP contribution is 2.34. The lowest BCUT2D eigenvalue weighted by Crippen LogP contribution is -2.17. The van der Waals surface area contributed by atoms with Crippen molar-refractivity contribution < 1.29 is 21.4 Å². The summed E-state index contributed by atoms with van der Waals surface area (Å²) in [6.07, 6.45) is 3.27. The van der Waals surface area contributed by atoms with E-state index in [0.29, 0.717) is 11.4 Å². The van der Waals surface area contributed by atoms with Crippen molar-refractivity contribution in [3.63, 3.8) is 0 Å². The zero-order valence-electron chi connectivity index (χ0n) is 12.7. The van der Waals surface area contributed by atoms with Gasteiger partial charge in [0.2, 0.25) is 0 Å². The van der Waals surface area contributed by atoms with Gasteiger partial charge in [-0.25, -0.2) is 8.42 Å². The van der Waals surface area contributed by atoms with Gasteiger partial charge in [-0.1, -0.05) is 6.92 Å². The van der Waals surface area contributed by atoms with Crippen LogP contribution in [0.1, 0.15) is 19.8 Å². The van der Waals surface area contributed by atoms with E-state index < -0.39 is 20.0 Å². The lowest BCUT2D eigenvalue weighted by Gasteiger charge is -2.12. The molecule has 1 aliphatic rings. The number of hydrogen-bond acceptors (Lipinski definition) is 4. The average molecular weight is 357 g/mol. The number of aromatic nitrogens is 1. The highest BCUT2D eigenvalue weighted by molar-refractivity contribution is 7.92. The Morgan fingerprint density at radius 1 is 1.22 bits per heavy atom. The van der Waals surface area contributed by atoms with Crippen LogP contribution in [0.5, 0.6) is 0 Å². The summed E-state index contributed by atoms with van der Waals surface area (Å²) < 4.78 is 57.2. The number of benzene rings is 1. The predicted octanol–water partition coefficient (Wildman–Crippen LogP) is 2.10. The van der Waals surface area contributed by atoms with Crippen LogP contribution in [0, 0.1) is 5.92 Å². The van der Waals surface area contributed by atoms with E-state index in [4.69, 9.17) is 4.55 Å². The highest BCUT2D eigenvalue weighted by atomic mass is 32.2. The van der Waals surface area contributed by atoms with Gasteiger partial charge in [0.15, 0.2) is 9.84 Å². The molecule has 1 unspecified atom stereocenters. The number of fused-ring (bicyclic) bond motifs is 1. The van der Waals surface area contributed by atoms with Gasteiger partial charge in [-0.3, -0.25) is 4.55 Å². The van der Waals surface area contributed by atoms with E-state index in [9.17, 15) is 16.8 Å². The summed E-state index contributed by atoms with van der Waals surface area (Å²) in [7, 11) is -7.22. The molecule has 1 aromatic heterocycles. The predicted molar refractivity (Wildman–Crippen MR) is 87.7 cm³/mol. The van der Waals surface area contributed by atoms with E-state index in [1.54, 1.807) is 31.3 Å². The summed E-state index contributed by atoms with van der Waals surface area (Å²) in [4.78, 5) is 0.344. The smallest absolute Gasteiger partial charge is 0.265 e. The van der Waals surface area contributed by atoms with Crippen molar-refractivity contribution in [3.8, 4) is 0 Å². The van der Waals surface area contributed by atoms with Crippen LogP contribution in [0.15, 0.2) is 35.4 Å². The Morgan fingerprint density at radius 2 is 1.91 bits per heavy atom. The molecule has 0 spiro atoms. The Bertz CT molecular complexity index is 939. The maximum absolute atomic E-state index is 12.3. The fourth-order valence-electron chi connectivity index (χ4n) is 2.83. The minimum absolute atomic E-state index is 0.239. The van der Waals surface area contributed by atoms with Crippen molar-refractivity contribution in [2.75, 3.05) is 5.75 Å². The zero-order chi connectivity index (χ0) is 16.8. The van der Waals surface area contributed by atoms with E-state index in [1.165, 1.54) is 0 Å². The van der Waals surface area contributed by atoms with Crippen LogP contribution in [0.2, 0.25) is 0 Å². The topological polar surface area (TPSA) is 93.4 Å². The lowest BCUT2D eigenvalue weighted by molar-refractivity contribution is 0.455. The van der Waals surface area contributed by atoms with E-state index in [0.717, 1.165) is 23.7 Å². The molecule has 1 aliphatic carbocycles. The molecule has 1 N–H and O–H groups in total. The van der Waals surface area contributed by atoms with Crippen LogP contribution < -0.4 is 0 Å². The molecular formula is C15H19NO5S2. The van der Waals surface area contributed by atoms with E-state index in [2.05, 4.69) is 0 Å². The van der Waals surface area contributed by atoms with Gasteiger partial charge in [0.05, 0.1) is 15.9 Å². The normalized spacial score (nSPS) is 17.5. The first-order chi connectivity index (χ1) is 10.7. The summed E-state index contributed by atoms with van der Waals surface area (Å²) in [6.45, 7) is 2.17. The molecule has 0 amide bonds. The fourth-order valence-corrected chi connectivity index (χ4v) is 5.35. The molecule has 3 rings (SSSR count). The van der Waals surface area contributed by atoms with Gasteiger partial charge in [-0.2, -0.15) is 8.42 Å². The zero-order valence-corrected chi connectivity index (χ0v) is 14.3. The second kappa shape index (κ2) is 5.61. The molecule has 0 saturated heterocycles. The van der Waals surface area contributed by atoms with Crippen molar-refractivity contribution in [2.24, 2.45) is 5.92 Å². The molecule has 126 valence electrons. The molecule has 2 aromatic rings. The van der Waals surface area contributed by atoms with Gasteiger partial charge in [0.25, 0.3) is 10.1 Å². The van der Waals surface area contributed by atoms with Gasteiger partial charge >= 0.3 is 0 Å². The third-order valence-corrected chi connectivity index (χ3v) is 7.29. The molecule has 0 aliphatic heterocycles. The summed E-state index contributed by atoms with van der Waals surface area (Å²) in [6, 6.07) is 6.86. The van der Waals surface area contributed by atoms with Gasteiger partial charge in [0, 0.05) is 23.6 Å². The Kier molecular flexibility index (Phi) is 4.02. The molecule has 1 atom stereocenters. The van der Waals surface area contributed by atoms with E-state index in [-0.39, 0.29) is 16.9 Å². The van der Waals surface area contributed by atoms with Crippen molar-refractivity contribution in [1.82, 2.24) is 4.57 Å². The maximum Gasteiger partial charge on any atom is 0.265 e. The Morgan fingerprint density at radius 3 is 2.52 bits per heavy atom. The van der Waals surface area contributed by atoms with Crippen molar-refractivity contribution >= 4 is 30.9 Å². The first-order valence-electron chi connectivity index (χ1n) is 7.45. The van der Waals surface area contributed by atoms with Crippen LogP contribution in [0.25, 0.3) is 10.9 Å². The molecular weight excluding hydrogens is 338 g/mol. The average Bonchev–Trinajstić information content (AvgIpc) is 3.21. The van der Waals surface area contributed by atoms with Gasteiger partial charge in [-0.05, 0) is 43.0 Å². The van der Waals surface area contributed by atoms with Gasteiger partial charge in [-0.15, -0.1) is 0 Å². The molecule has 6 nitrogen and oxygen atoms in total. The number of hydrogen-bond donors (Lipinski definition) is 1. The van der Waals surface area contributed by atoms with E-state index >= 15 is 0 Å². The van der Waals surface area contributed by atoms with Crippen molar-refractivity contribution in [1.29, 1.82) is 0 Å². The van der Waals surface area contributed by atoms with Crippen LogP contribution in [-0.4, -0.2) is 37.0 Å². The summed E-state index contributed by atoms with van der Waals surface area (Å²) >= 11 is 0. The Labute approximate surface area is 135 Å². The number of rotatable bonds is 6. The van der Waals surface area contributed by atoms with Crippen LogP contribution in [-0.2, 0) is 26.5 Å². The molecule has 1 heterocycles. The minimum Gasteiger partial charge on any atom is -0.347 e. The second-order valence-electron chi connectivity index (χ2n) is 6.29. The molecule has 0 bridgehead atoms. The van der Waals surface area contributed by atoms with E-state index in [1.807, 2.05) is 10.6 Å². The monoisotopic (exact) mass is 357 g/mol. The molecule has 1 fully saturated rings. The minimum atomic E-state index is -4.00. The van der Waals surface area contributed by atoms with Crippen LogP contribution in [0.3, 0.4) is 0 Å². The Balaban J connectivity index is 1.87. The third-order valence-electron chi connectivity index (χ3n) is 4.04. The molecule has 23 heavy (non-hydrogen) atoms. The first-order valence-corrected chi connectivity index (χ1v) is 10.6. The largest absolute Gasteiger partial charge is 0.347 e. The van der Waals surface area contributed by atoms with Gasteiger partial charge < -0.3 is 4.57 Å². The fraction of sp³-hybridized carbons (Fsp3) is 0.467. The molecule has 1 saturated carbocycles. The maximum atomic E-state index is 12.3. The lowest BCUT2D eigenvalue weighted by atomic mass is 10.2. The molecule has 0 radical (unpaired) electrons. The quantitative estimate of drug-likeness (QED) is 0.799.